The van der Waals surface area contributed by atoms with Gasteiger partial charge in [-0.2, -0.15) is 0 Å². The minimum atomic E-state index is -0.450. The van der Waals surface area contributed by atoms with Gasteiger partial charge in [-0.25, -0.2) is 4.79 Å². The summed E-state index contributed by atoms with van der Waals surface area (Å²) in [6, 6.07) is 13.8. The van der Waals surface area contributed by atoms with E-state index in [1.807, 2.05) is 57.2 Å². The molecule has 2 aliphatic rings. The lowest BCUT2D eigenvalue weighted by atomic mass is 9.71. The fourth-order valence-corrected chi connectivity index (χ4v) is 5.11. The third-order valence-electron chi connectivity index (χ3n) is 6.74. The van der Waals surface area contributed by atoms with Gasteiger partial charge in [-0.05, 0) is 55.9 Å². The maximum Gasteiger partial charge on any atom is 0.336 e. The Kier molecular flexibility index (Phi) is 7.29. The lowest BCUT2D eigenvalue weighted by Gasteiger charge is -2.37. The molecule has 35 heavy (non-hydrogen) atoms. The summed E-state index contributed by atoms with van der Waals surface area (Å²) in [5.74, 6) is 0.511. The van der Waals surface area contributed by atoms with Crippen molar-refractivity contribution in [2.75, 3.05) is 20.8 Å². The number of ether oxygens (including phenoxy) is 3. The summed E-state index contributed by atoms with van der Waals surface area (Å²) in [6.45, 7) is 6.21. The van der Waals surface area contributed by atoms with Crippen LogP contribution < -0.4 is 14.8 Å². The zero-order chi connectivity index (χ0) is 25.1. The topological polar surface area (TPSA) is 73.9 Å². The van der Waals surface area contributed by atoms with Gasteiger partial charge in [0.2, 0.25) is 0 Å². The number of ketones is 1. The van der Waals surface area contributed by atoms with E-state index in [1.165, 1.54) is 0 Å². The van der Waals surface area contributed by atoms with Gasteiger partial charge in [-0.15, -0.1) is 0 Å². The van der Waals surface area contributed by atoms with Crippen molar-refractivity contribution in [3.8, 4) is 11.5 Å². The van der Waals surface area contributed by atoms with Gasteiger partial charge >= 0.3 is 5.97 Å². The number of dihydropyridines is 1. The molecule has 2 aromatic rings. The van der Waals surface area contributed by atoms with Crippen molar-refractivity contribution in [3.05, 3.63) is 81.7 Å². The first kappa shape index (κ1) is 24.6. The van der Waals surface area contributed by atoms with E-state index in [0.29, 0.717) is 42.1 Å². The van der Waals surface area contributed by atoms with Gasteiger partial charge in [0.05, 0.1) is 26.4 Å². The standard InChI is InChI=1S/C29H33NO5/c1-6-12-35-29(32)26-18(3)30-22-14-21(19-10-11-24(33-4)25(16-19)34-5)15-23(31)28(22)27(26)20-9-7-8-17(2)13-20/h7-11,13,16,21,27,30H,6,12,14-15H2,1-5H3/t21-,27-/m1/s1. The zero-order valence-corrected chi connectivity index (χ0v) is 21.1. The average Bonchev–Trinajstić information content (AvgIpc) is 2.85. The summed E-state index contributed by atoms with van der Waals surface area (Å²) < 4.78 is 16.4. The van der Waals surface area contributed by atoms with Crippen molar-refractivity contribution in [2.24, 2.45) is 0 Å². The first-order valence-corrected chi connectivity index (χ1v) is 12.1. The second-order valence-electron chi connectivity index (χ2n) is 9.18. The minimum Gasteiger partial charge on any atom is -0.493 e. The predicted octanol–water partition coefficient (Wildman–Crippen LogP) is 5.33. The van der Waals surface area contributed by atoms with E-state index in [1.54, 1.807) is 14.2 Å². The maximum atomic E-state index is 13.7. The van der Waals surface area contributed by atoms with Gasteiger partial charge in [0, 0.05) is 29.3 Å². The number of allylic oxidation sites excluding steroid dienone is 3. The molecular weight excluding hydrogens is 442 g/mol. The molecule has 2 aromatic carbocycles. The molecule has 6 heteroatoms. The minimum absolute atomic E-state index is 0.00638. The molecule has 0 saturated carbocycles. The molecule has 1 heterocycles. The third-order valence-corrected chi connectivity index (χ3v) is 6.74. The number of aryl methyl sites for hydroxylation is 1. The summed E-state index contributed by atoms with van der Waals surface area (Å²) in [5, 5.41) is 3.40. The Labute approximate surface area is 207 Å². The number of rotatable bonds is 7. The quantitative estimate of drug-likeness (QED) is 0.546. The Morgan fingerprint density at radius 2 is 1.77 bits per heavy atom. The number of nitrogens with one attached hydrogen (secondary N) is 1. The molecule has 1 aliphatic heterocycles. The molecule has 1 N–H and O–H groups in total. The normalized spacial score (nSPS) is 19.7. The Balaban J connectivity index is 1.76. The lowest BCUT2D eigenvalue weighted by Crippen LogP contribution is -2.36. The highest BCUT2D eigenvalue weighted by molar-refractivity contribution is 6.04. The number of hydrogen-bond acceptors (Lipinski definition) is 6. The van der Waals surface area contributed by atoms with Gasteiger partial charge in [-0.3, -0.25) is 4.79 Å². The van der Waals surface area contributed by atoms with Crippen molar-refractivity contribution in [3.63, 3.8) is 0 Å². The largest absolute Gasteiger partial charge is 0.493 e. The number of Topliss-reactive ketones (excluding diaryl/α,β-unsaturated/α-hetero) is 1. The smallest absolute Gasteiger partial charge is 0.336 e. The molecule has 0 fully saturated rings. The van der Waals surface area contributed by atoms with Crippen LogP contribution in [0.1, 0.15) is 61.6 Å². The van der Waals surface area contributed by atoms with Crippen molar-refractivity contribution < 1.29 is 23.8 Å². The van der Waals surface area contributed by atoms with Crippen LogP contribution in [0.4, 0.5) is 0 Å². The van der Waals surface area contributed by atoms with Crippen molar-refractivity contribution in [2.45, 2.75) is 51.9 Å². The first-order valence-electron chi connectivity index (χ1n) is 12.1. The first-order chi connectivity index (χ1) is 16.9. The number of methoxy groups -OCH3 is 2. The van der Waals surface area contributed by atoms with Crippen LogP contribution in [-0.4, -0.2) is 32.6 Å². The van der Waals surface area contributed by atoms with Gasteiger partial charge in [0.25, 0.3) is 0 Å². The van der Waals surface area contributed by atoms with Crippen LogP contribution >= 0.6 is 0 Å². The monoisotopic (exact) mass is 475 g/mol. The molecular formula is C29H33NO5. The Bertz CT molecular complexity index is 1210. The van der Waals surface area contributed by atoms with E-state index >= 15 is 0 Å². The number of carbonyl (C=O) groups is 2. The molecule has 0 radical (unpaired) electrons. The van der Waals surface area contributed by atoms with Crippen molar-refractivity contribution in [1.82, 2.24) is 5.32 Å². The van der Waals surface area contributed by atoms with Crippen LogP contribution in [0.2, 0.25) is 0 Å². The highest BCUT2D eigenvalue weighted by atomic mass is 16.5. The Morgan fingerprint density at radius 3 is 2.46 bits per heavy atom. The highest BCUT2D eigenvalue weighted by Gasteiger charge is 2.41. The van der Waals surface area contributed by atoms with Crippen LogP contribution in [0.3, 0.4) is 0 Å². The van der Waals surface area contributed by atoms with E-state index < -0.39 is 5.92 Å². The Hall–Kier alpha value is -3.54. The van der Waals surface area contributed by atoms with Crippen molar-refractivity contribution in [1.29, 1.82) is 0 Å². The van der Waals surface area contributed by atoms with Gasteiger partial charge in [0.1, 0.15) is 0 Å². The number of hydrogen-bond donors (Lipinski definition) is 1. The molecule has 0 spiro atoms. The molecule has 0 aromatic heterocycles. The molecule has 1 aliphatic carbocycles. The van der Waals surface area contributed by atoms with E-state index in [9.17, 15) is 9.59 Å². The van der Waals surface area contributed by atoms with Crippen LogP contribution in [0.25, 0.3) is 0 Å². The van der Waals surface area contributed by atoms with Crippen LogP contribution in [0, 0.1) is 6.92 Å². The van der Waals surface area contributed by atoms with E-state index in [0.717, 1.165) is 34.5 Å². The zero-order valence-electron chi connectivity index (χ0n) is 21.1. The molecule has 6 nitrogen and oxygen atoms in total. The molecule has 0 unspecified atom stereocenters. The summed E-state index contributed by atoms with van der Waals surface area (Å²) in [7, 11) is 3.21. The summed E-state index contributed by atoms with van der Waals surface area (Å²) in [6.07, 6.45) is 1.75. The van der Waals surface area contributed by atoms with Gasteiger partial charge < -0.3 is 19.5 Å². The maximum absolute atomic E-state index is 13.7. The second-order valence-corrected chi connectivity index (χ2v) is 9.18. The fraction of sp³-hybridized carbons (Fsp3) is 0.379. The predicted molar refractivity (Wildman–Crippen MR) is 135 cm³/mol. The number of carbonyl (C=O) groups excluding carboxylic acids is 2. The second kappa shape index (κ2) is 10.4. The highest BCUT2D eigenvalue weighted by Crippen LogP contribution is 2.46. The number of benzene rings is 2. The van der Waals surface area contributed by atoms with E-state index in [4.69, 9.17) is 14.2 Å². The SMILES string of the molecule is CCCOC(=O)C1=C(C)NC2=C(C(=O)C[C@H](c3ccc(OC)c(OC)c3)C2)[C@@H]1c1cccc(C)c1. The average molecular weight is 476 g/mol. The Morgan fingerprint density at radius 1 is 1.00 bits per heavy atom. The van der Waals surface area contributed by atoms with E-state index in [2.05, 4.69) is 11.4 Å². The van der Waals surface area contributed by atoms with Gasteiger partial charge in [0.15, 0.2) is 17.3 Å². The van der Waals surface area contributed by atoms with Crippen LogP contribution in [0.15, 0.2) is 65.0 Å². The molecule has 4 rings (SSSR count). The fourth-order valence-electron chi connectivity index (χ4n) is 5.11. The molecule has 184 valence electrons. The van der Waals surface area contributed by atoms with E-state index in [-0.39, 0.29) is 17.7 Å². The van der Waals surface area contributed by atoms with Gasteiger partial charge in [-0.1, -0.05) is 42.8 Å². The molecule has 0 saturated heterocycles. The number of esters is 1. The lowest BCUT2D eigenvalue weighted by molar-refractivity contribution is -0.139. The summed E-state index contributed by atoms with van der Waals surface area (Å²) in [5.41, 5.74) is 5.82. The molecule has 0 amide bonds. The summed E-state index contributed by atoms with van der Waals surface area (Å²) in [4.78, 5) is 26.9. The van der Waals surface area contributed by atoms with Crippen LogP contribution in [0.5, 0.6) is 11.5 Å². The molecule has 0 bridgehead atoms. The van der Waals surface area contributed by atoms with Crippen LogP contribution in [-0.2, 0) is 14.3 Å². The third kappa shape index (κ3) is 4.83. The van der Waals surface area contributed by atoms with Crippen molar-refractivity contribution >= 4 is 11.8 Å². The molecule has 2 atom stereocenters. The summed E-state index contributed by atoms with van der Waals surface area (Å²) >= 11 is 0.